The van der Waals surface area contributed by atoms with Gasteiger partial charge in [0.05, 0.1) is 24.1 Å². The number of ether oxygens (including phenoxy) is 1. The smallest absolute Gasteiger partial charge is 0.338 e. The third kappa shape index (κ3) is 2.33. The first kappa shape index (κ1) is 12.9. The van der Waals surface area contributed by atoms with Crippen LogP contribution < -0.4 is 4.31 Å². The molecule has 5 nitrogen and oxygen atoms in total. The number of anilines is 1. The molecule has 0 spiro atoms. The fourth-order valence-corrected chi connectivity index (χ4v) is 3.02. The van der Waals surface area contributed by atoms with Gasteiger partial charge in [0.1, 0.15) is 0 Å². The van der Waals surface area contributed by atoms with Crippen molar-refractivity contribution in [2.75, 3.05) is 23.7 Å². The maximum Gasteiger partial charge on any atom is 0.338 e. The minimum Gasteiger partial charge on any atom is -0.462 e. The Balaban J connectivity index is 2.34. The minimum absolute atomic E-state index is 0.325. The van der Waals surface area contributed by atoms with Gasteiger partial charge in [0.25, 0.3) is 0 Å². The van der Waals surface area contributed by atoms with E-state index in [9.17, 15) is 13.2 Å². The molecule has 1 aromatic rings. The van der Waals surface area contributed by atoms with Crippen molar-refractivity contribution in [3.05, 3.63) is 29.3 Å². The van der Waals surface area contributed by atoms with E-state index in [1.165, 1.54) is 10.6 Å². The average molecular weight is 269 g/mol. The lowest BCUT2D eigenvalue weighted by atomic mass is 10.1. The second-order valence-electron chi connectivity index (χ2n) is 4.15. The number of nitrogens with zero attached hydrogens (tertiary/aromatic N) is 1. The Morgan fingerprint density at radius 1 is 1.44 bits per heavy atom. The van der Waals surface area contributed by atoms with Crippen LogP contribution in [0.1, 0.15) is 22.8 Å². The first-order valence-corrected chi connectivity index (χ1v) is 7.56. The summed E-state index contributed by atoms with van der Waals surface area (Å²) < 4.78 is 29.4. The predicted molar refractivity (Wildman–Crippen MR) is 68.3 cm³/mol. The molecule has 0 unspecified atom stereocenters. The van der Waals surface area contributed by atoms with Crippen molar-refractivity contribution in [1.29, 1.82) is 0 Å². The van der Waals surface area contributed by atoms with Crippen LogP contribution in [0.4, 0.5) is 5.69 Å². The maximum atomic E-state index is 11.6. The number of benzene rings is 1. The van der Waals surface area contributed by atoms with E-state index in [-0.39, 0.29) is 5.97 Å². The highest BCUT2D eigenvalue weighted by atomic mass is 32.2. The van der Waals surface area contributed by atoms with Crippen LogP contribution in [0.25, 0.3) is 0 Å². The van der Waals surface area contributed by atoms with E-state index in [1.54, 1.807) is 25.1 Å². The summed E-state index contributed by atoms with van der Waals surface area (Å²) in [7, 11) is -3.24. The number of carbonyl (C=O) groups is 1. The van der Waals surface area contributed by atoms with E-state index >= 15 is 0 Å². The first-order valence-electron chi connectivity index (χ1n) is 5.71. The Labute approximate surface area is 106 Å². The van der Waals surface area contributed by atoms with Crippen molar-refractivity contribution in [1.82, 2.24) is 0 Å². The standard InChI is InChI=1S/C12H15NO4S/c1-3-17-12(14)10-4-5-11-9(8-10)6-7-13(11)18(2,15)16/h4-5,8H,3,6-7H2,1-2H3. The Morgan fingerprint density at radius 2 is 2.17 bits per heavy atom. The third-order valence-electron chi connectivity index (χ3n) is 2.84. The summed E-state index contributed by atoms with van der Waals surface area (Å²) in [4.78, 5) is 11.6. The first-order chi connectivity index (χ1) is 8.43. The van der Waals surface area contributed by atoms with Crippen LogP contribution in [0.15, 0.2) is 18.2 Å². The molecule has 0 aromatic heterocycles. The highest BCUT2D eigenvalue weighted by molar-refractivity contribution is 7.92. The van der Waals surface area contributed by atoms with Crippen LogP contribution in [-0.2, 0) is 21.2 Å². The van der Waals surface area contributed by atoms with Gasteiger partial charge >= 0.3 is 5.97 Å². The molecule has 0 radical (unpaired) electrons. The van der Waals surface area contributed by atoms with Crippen molar-refractivity contribution in [2.24, 2.45) is 0 Å². The number of esters is 1. The zero-order valence-electron chi connectivity index (χ0n) is 10.3. The number of fused-ring (bicyclic) bond motifs is 1. The molecule has 0 saturated carbocycles. The summed E-state index contributed by atoms with van der Waals surface area (Å²) in [6.07, 6.45) is 1.80. The molecule has 0 fully saturated rings. The Morgan fingerprint density at radius 3 is 2.78 bits per heavy atom. The molecule has 1 aliphatic heterocycles. The molecule has 0 amide bonds. The SMILES string of the molecule is CCOC(=O)c1ccc2c(c1)CCN2S(C)(=O)=O. The number of rotatable bonds is 3. The number of sulfonamides is 1. The molecule has 1 heterocycles. The van der Waals surface area contributed by atoms with Crippen molar-refractivity contribution in [3.8, 4) is 0 Å². The molecule has 1 aromatic carbocycles. The second-order valence-corrected chi connectivity index (χ2v) is 6.06. The van der Waals surface area contributed by atoms with E-state index < -0.39 is 10.0 Å². The summed E-state index contributed by atoms with van der Waals surface area (Å²) in [5.41, 5.74) is 1.99. The van der Waals surface area contributed by atoms with E-state index in [0.717, 1.165) is 5.56 Å². The molecular formula is C12H15NO4S. The van der Waals surface area contributed by atoms with E-state index in [2.05, 4.69) is 0 Å². The van der Waals surface area contributed by atoms with Gasteiger partial charge in [0, 0.05) is 6.54 Å². The van der Waals surface area contributed by atoms with Gasteiger partial charge < -0.3 is 4.74 Å². The van der Waals surface area contributed by atoms with Crippen LogP contribution in [0.2, 0.25) is 0 Å². The molecule has 0 N–H and O–H groups in total. The van der Waals surface area contributed by atoms with Crippen LogP contribution in [-0.4, -0.2) is 33.8 Å². The van der Waals surface area contributed by atoms with E-state index in [1.807, 2.05) is 0 Å². The number of hydrogen-bond donors (Lipinski definition) is 0. The Bertz CT molecular complexity index is 580. The normalized spacial score (nSPS) is 14.4. The van der Waals surface area contributed by atoms with Gasteiger partial charge in [-0.2, -0.15) is 0 Å². The molecule has 6 heteroatoms. The molecule has 0 aliphatic carbocycles. The third-order valence-corrected chi connectivity index (χ3v) is 4.02. The van der Waals surface area contributed by atoms with Gasteiger partial charge in [0.15, 0.2) is 0 Å². The topological polar surface area (TPSA) is 63.7 Å². The number of hydrogen-bond acceptors (Lipinski definition) is 4. The summed E-state index contributed by atoms with van der Waals surface area (Å²) in [6.45, 7) is 2.50. The van der Waals surface area contributed by atoms with Gasteiger partial charge in [0.2, 0.25) is 10.0 Å². The average Bonchev–Trinajstić information content (AvgIpc) is 2.71. The van der Waals surface area contributed by atoms with Crippen molar-refractivity contribution in [3.63, 3.8) is 0 Å². The number of carbonyl (C=O) groups excluding carboxylic acids is 1. The van der Waals surface area contributed by atoms with Crippen LogP contribution >= 0.6 is 0 Å². The lowest BCUT2D eigenvalue weighted by molar-refractivity contribution is 0.0526. The predicted octanol–water partition coefficient (Wildman–Crippen LogP) is 1.19. The fraction of sp³-hybridized carbons (Fsp3) is 0.417. The lowest BCUT2D eigenvalue weighted by Gasteiger charge is -2.16. The highest BCUT2D eigenvalue weighted by Gasteiger charge is 2.26. The van der Waals surface area contributed by atoms with Gasteiger partial charge in [-0.25, -0.2) is 13.2 Å². The van der Waals surface area contributed by atoms with Crippen molar-refractivity contribution >= 4 is 21.7 Å². The van der Waals surface area contributed by atoms with E-state index in [4.69, 9.17) is 4.74 Å². The Kier molecular flexibility index (Phi) is 3.30. The summed E-state index contributed by atoms with van der Waals surface area (Å²) in [5, 5.41) is 0. The summed E-state index contributed by atoms with van der Waals surface area (Å²) in [5.74, 6) is -0.377. The second kappa shape index (κ2) is 4.61. The van der Waals surface area contributed by atoms with E-state index in [0.29, 0.717) is 30.8 Å². The summed E-state index contributed by atoms with van der Waals surface area (Å²) in [6, 6.07) is 4.97. The molecule has 0 atom stereocenters. The van der Waals surface area contributed by atoms with Gasteiger partial charge in [-0.15, -0.1) is 0 Å². The molecule has 18 heavy (non-hydrogen) atoms. The zero-order chi connectivity index (χ0) is 13.3. The van der Waals surface area contributed by atoms with Gasteiger partial charge in [-0.1, -0.05) is 0 Å². The molecule has 2 rings (SSSR count). The van der Waals surface area contributed by atoms with Crippen molar-refractivity contribution in [2.45, 2.75) is 13.3 Å². The van der Waals surface area contributed by atoms with Crippen LogP contribution in [0, 0.1) is 0 Å². The fourth-order valence-electron chi connectivity index (χ4n) is 2.06. The lowest BCUT2D eigenvalue weighted by Crippen LogP contribution is -2.27. The van der Waals surface area contributed by atoms with Gasteiger partial charge in [-0.05, 0) is 37.1 Å². The molecule has 1 aliphatic rings. The zero-order valence-corrected chi connectivity index (χ0v) is 11.2. The molecule has 0 bridgehead atoms. The molecule has 0 saturated heterocycles. The molecular weight excluding hydrogens is 254 g/mol. The maximum absolute atomic E-state index is 11.6. The largest absolute Gasteiger partial charge is 0.462 e. The minimum atomic E-state index is -3.24. The summed E-state index contributed by atoms with van der Waals surface area (Å²) >= 11 is 0. The van der Waals surface area contributed by atoms with Gasteiger partial charge in [-0.3, -0.25) is 4.31 Å². The van der Waals surface area contributed by atoms with Crippen molar-refractivity contribution < 1.29 is 17.9 Å². The Hall–Kier alpha value is -1.56. The van der Waals surface area contributed by atoms with Crippen LogP contribution in [0.5, 0.6) is 0 Å². The molecule has 98 valence electrons. The highest BCUT2D eigenvalue weighted by Crippen LogP contribution is 2.30. The van der Waals surface area contributed by atoms with Crippen LogP contribution in [0.3, 0.4) is 0 Å². The quantitative estimate of drug-likeness (QED) is 0.773. The monoisotopic (exact) mass is 269 g/mol.